The van der Waals surface area contributed by atoms with Gasteiger partial charge >= 0.3 is 5.97 Å². The van der Waals surface area contributed by atoms with Crippen LogP contribution in [-0.4, -0.2) is 16.1 Å². The van der Waals surface area contributed by atoms with E-state index in [4.69, 9.17) is 4.98 Å². The summed E-state index contributed by atoms with van der Waals surface area (Å²) in [4.78, 5) is 16.4. The summed E-state index contributed by atoms with van der Waals surface area (Å²) < 4.78 is 26.5. The Morgan fingerprint density at radius 1 is 1.00 bits per heavy atom. The normalized spacial score (nSPS) is 12.2. The largest absolute Gasteiger partial charge is 0.478 e. The van der Waals surface area contributed by atoms with Crippen LogP contribution in [0.1, 0.15) is 52.1 Å². The van der Waals surface area contributed by atoms with Crippen molar-refractivity contribution in [2.24, 2.45) is 0 Å². The maximum absolute atomic E-state index is 13.3. The van der Waals surface area contributed by atoms with Gasteiger partial charge in [0.15, 0.2) is 0 Å². The van der Waals surface area contributed by atoms with E-state index in [2.05, 4.69) is 5.32 Å². The van der Waals surface area contributed by atoms with E-state index in [-0.39, 0.29) is 17.2 Å². The maximum atomic E-state index is 13.3. The Morgan fingerprint density at radius 2 is 1.76 bits per heavy atom. The molecule has 0 unspecified atom stereocenters. The number of carboxylic acid groups (broad SMARTS) is 1. The van der Waals surface area contributed by atoms with Gasteiger partial charge in [-0.1, -0.05) is 36.4 Å². The first-order chi connectivity index (χ1) is 15.7. The molecule has 0 aliphatic rings. The highest BCUT2D eigenvalue weighted by Crippen LogP contribution is 2.34. The van der Waals surface area contributed by atoms with Crippen molar-refractivity contribution in [1.82, 2.24) is 4.98 Å². The summed E-state index contributed by atoms with van der Waals surface area (Å²) in [6.45, 7) is 5.82. The number of fused-ring (bicyclic) bond motifs is 1. The number of aromatic carboxylic acids is 1. The zero-order valence-electron chi connectivity index (χ0n) is 18.6. The quantitative estimate of drug-likeness (QED) is 0.326. The van der Waals surface area contributed by atoms with E-state index >= 15 is 0 Å². The minimum absolute atomic E-state index is 0.0311. The Bertz CT molecular complexity index is 1350. The number of hydrogen-bond donors (Lipinski definition) is 2. The number of carboxylic acids is 1. The summed E-state index contributed by atoms with van der Waals surface area (Å²) in [5.41, 5.74) is 5.68. The van der Waals surface area contributed by atoms with Gasteiger partial charge in [0.05, 0.1) is 11.1 Å². The minimum atomic E-state index is -2.55. The zero-order valence-corrected chi connectivity index (χ0v) is 18.6. The molecule has 0 spiro atoms. The number of alkyl halides is 2. The third kappa shape index (κ3) is 4.55. The molecule has 0 bridgehead atoms. The molecule has 0 saturated carbocycles. The number of rotatable bonds is 6. The van der Waals surface area contributed by atoms with Gasteiger partial charge in [-0.15, -0.1) is 0 Å². The second kappa shape index (κ2) is 8.98. The molecule has 0 amide bonds. The molecule has 6 heteroatoms. The zero-order chi connectivity index (χ0) is 23.7. The third-order valence-electron chi connectivity index (χ3n) is 5.75. The fourth-order valence-electron chi connectivity index (χ4n) is 4.14. The molecule has 0 saturated heterocycles. The number of para-hydroxylation sites is 1. The molecule has 168 valence electrons. The lowest BCUT2D eigenvalue weighted by molar-refractivity contribution is 0.0698. The van der Waals surface area contributed by atoms with Crippen LogP contribution >= 0.6 is 0 Å². The van der Waals surface area contributed by atoms with Crippen molar-refractivity contribution in [3.63, 3.8) is 0 Å². The first-order valence-corrected chi connectivity index (χ1v) is 10.6. The van der Waals surface area contributed by atoms with E-state index in [0.29, 0.717) is 11.3 Å². The predicted octanol–water partition coefficient (Wildman–Crippen LogP) is 7.33. The van der Waals surface area contributed by atoms with Gasteiger partial charge < -0.3 is 10.4 Å². The molecule has 4 nitrogen and oxygen atoms in total. The number of benzene rings is 3. The van der Waals surface area contributed by atoms with Crippen molar-refractivity contribution in [3.05, 3.63) is 94.7 Å². The molecule has 0 aliphatic carbocycles. The van der Waals surface area contributed by atoms with Crippen molar-refractivity contribution < 1.29 is 18.7 Å². The topological polar surface area (TPSA) is 62.2 Å². The number of pyridine rings is 1. The van der Waals surface area contributed by atoms with Gasteiger partial charge in [0.2, 0.25) is 0 Å². The average molecular weight is 446 g/mol. The molecular weight excluding hydrogens is 422 g/mol. The number of nitrogens with zero attached hydrogens (tertiary/aromatic N) is 1. The molecule has 0 radical (unpaired) electrons. The highest BCUT2D eigenvalue weighted by Gasteiger charge is 2.17. The number of aryl methyl sites for hydroxylation is 2. The molecule has 3 aromatic carbocycles. The van der Waals surface area contributed by atoms with Crippen LogP contribution in [0, 0.1) is 13.8 Å². The maximum Gasteiger partial charge on any atom is 0.337 e. The van der Waals surface area contributed by atoms with E-state index < -0.39 is 12.4 Å². The highest BCUT2D eigenvalue weighted by molar-refractivity contribution is 5.94. The summed E-state index contributed by atoms with van der Waals surface area (Å²) in [6.07, 6.45) is -2.55. The van der Waals surface area contributed by atoms with Gasteiger partial charge in [-0.2, -0.15) is 0 Å². The van der Waals surface area contributed by atoms with Crippen molar-refractivity contribution in [2.75, 3.05) is 5.32 Å². The highest BCUT2D eigenvalue weighted by atomic mass is 19.3. The monoisotopic (exact) mass is 446 g/mol. The van der Waals surface area contributed by atoms with Gasteiger partial charge in [-0.3, -0.25) is 4.98 Å². The summed E-state index contributed by atoms with van der Waals surface area (Å²) in [5, 5.41) is 13.7. The Labute approximate surface area is 190 Å². The number of anilines is 1. The van der Waals surface area contributed by atoms with Gasteiger partial charge in [-0.05, 0) is 67.8 Å². The molecule has 4 aromatic rings. The first kappa shape index (κ1) is 22.4. The second-order valence-corrected chi connectivity index (χ2v) is 8.19. The molecular formula is C27H24F2N2O2. The lowest BCUT2D eigenvalue weighted by Crippen LogP contribution is -2.11. The first-order valence-electron chi connectivity index (χ1n) is 10.6. The lowest BCUT2D eigenvalue weighted by Gasteiger charge is -2.20. The smallest absolute Gasteiger partial charge is 0.337 e. The molecule has 1 aromatic heterocycles. The number of hydrogen-bond acceptors (Lipinski definition) is 3. The van der Waals surface area contributed by atoms with Crippen LogP contribution in [0.4, 0.5) is 14.5 Å². The predicted molar refractivity (Wildman–Crippen MR) is 127 cm³/mol. The average Bonchev–Trinajstić information content (AvgIpc) is 2.78. The molecule has 1 heterocycles. The Hall–Kier alpha value is -3.80. The number of nitrogens with one attached hydrogen (secondary N) is 1. The summed E-state index contributed by atoms with van der Waals surface area (Å²) in [7, 11) is 0. The van der Waals surface area contributed by atoms with Gasteiger partial charge in [0, 0.05) is 33.9 Å². The van der Waals surface area contributed by atoms with Gasteiger partial charge in [0.25, 0.3) is 6.43 Å². The minimum Gasteiger partial charge on any atom is -0.478 e. The number of aromatic nitrogens is 1. The number of halogens is 2. The standard InChI is InChI=1S/C27H24F2N2O2/c1-15-11-22(17(3)30-24-10-5-4-9-20(24)27(32)33)23-14-21(16(2)31-25(23)12-15)18-7-6-8-19(13-18)26(28)29/h4-14,17,26,30H,1-3H3,(H,32,33)/t17-/m1/s1. The van der Waals surface area contributed by atoms with Crippen LogP contribution in [0.15, 0.2) is 66.7 Å². The Kier molecular flexibility index (Phi) is 6.09. The van der Waals surface area contributed by atoms with Crippen molar-refractivity contribution in [3.8, 4) is 11.1 Å². The van der Waals surface area contributed by atoms with Gasteiger partial charge in [0.1, 0.15) is 0 Å². The second-order valence-electron chi connectivity index (χ2n) is 8.19. The number of carbonyl (C=O) groups is 1. The molecule has 0 fully saturated rings. The summed E-state index contributed by atoms with van der Waals surface area (Å²) >= 11 is 0. The molecule has 33 heavy (non-hydrogen) atoms. The Morgan fingerprint density at radius 3 is 2.48 bits per heavy atom. The van der Waals surface area contributed by atoms with Crippen LogP contribution in [0.25, 0.3) is 22.0 Å². The van der Waals surface area contributed by atoms with Crippen LogP contribution < -0.4 is 5.32 Å². The molecule has 4 rings (SSSR count). The van der Waals surface area contributed by atoms with Crippen molar-refractivity contribution >= 4 is 22.6 Å². The third-order valence-corrected chi connectivity index (χ3v) is 5.75. The molecule has 0 aliphatic heterocycles. The summed E-state index contributed by atoms with van der Waals surface area (Å²) in [5.74, 6) is -1.00. The van der Waals surface area contributed by atoms with Gasteiger partial charge in [-0.25, -0.2) is 13.6 Å². The van der Waals surface area contributed by atoms with E-state index in [1.807, 2.05) is 39.0 Å². The lowest BCUT2D eigenvalue weighted by atomic mass is 9.94. The fourth-order valence-corrected chi connectivity index (χ4v) is 4.14. The van der Waals surface area contributed by atoms with Crippen LogP contribution in [0.2, 0.25) is 0 Å². The SMILES string of the molecule is Cc1cc([C@@H](C)Nc2ccccc2C(=O)O)c2cc(-c3cccc(C(F)F)c3)c(C)nc2c1. The van der Waals surface area contributed by atoms with E-state index in [1.54, 1.807) is 36.4 Å². The fraction of sp³-hybridized carbons (Fsp3) is 0.185. The van der Waals surface area contributed by atoms with Crippen LogP contribution in [0.5, 0.6) is 0 Å². The Balaban J connectivity index is 1.83. The molecule has 2 N–H and O–H groups in total. The van der Waals surface area contributed by atoms with Crippen LogP contribution in [0.3, 0.4) is 0 Å². The van der Waals surface area contributed by atoms with Crippen LogP contribution in [-0.2, 0) is 0 Å². The summed E-state index contributed by atoms with van der Waals surface area (Å²) in [6, 6.07) is 18.9. The van der Waals surface area contributed by atoms with E-state index in [9.17, 15) is 18.7 Å². The van der Waals surface area contributed by atoms with E-state index in [1.165, 1.54) is 12.1 Å². The van der Waals surface area contributed by atoms with Crippen molar-refractivity contribution in [1.29, 1.82) is 0 Å². The van der Waals surface area contributed by atoms with E-state index in [0.717, 1.165) is 33.3 Å². The van der Waals surface area contributed by atoms with Crippen molar-refractivity contribution in [2.45, 2.75) is 33.2 Å². The molecule has 1 atom stereocenters.